The minimum atomic E-state index is -0.305. The molecule has 1 amide bonds. The van der Waals surface area contributed by atoms with Crippen LogP contribution < -0.4 is 19.5 Å². The van der Waals surface area contributed by atoms with Crippen molar-refractivity contribution < 1.29 is 23.4 Å². The van der Waals surface area contributed by atoms with E-state index in [2.05, 4.69) is 11.4 Å². The Morgan fingerprint density at radius 1 is 0.871 bits per heavy atom. The second kappa shape index (κ2) is 9.71. The standard InChI is InChI=1S/C25H23NO5/c1-28-22-8-4-5-9-23(22)29-15-14-26-25(27)24-13-12-21(31-24)17-30-20-11-10-18-6-2-3-7-19(18)16-20/h2-13,16H,14-15,17H2,1H3,(H,26,27). The first-order valence-corrected chi connectivity index (χ1v) is 9.97. The van der Waals surface area contributed by atoms with Crippen LogP contribution in [0.25, 0.3) is 10.8 Å². The lowest BCUT2D eigenvalue weighted by atomic mass is 10.1. The summed E-state index contributed by atoms with van der Waals surface area (Å²) in [5, 5.41) is 5.04. The summed E-state index contributed by atoms with van der Waals surface area (Å²) >= 11 is 0. The Kier molecular flexibility index (Phi) is 6.38. The molecule has 31 heavy (non-hydrogen) atoms. The molecule has 0 saturated carbocycles. The molecule has 4 rings (SSSR count). The molecule has 0 unspecified atom stereocenters. The minimum absolute atomic E-state index is 0.231. The lowest BCUT2D eigenvalue weighted by Gasteiger charge is -2.10. The van der Waals surface area contributed by atoms with E-state index in [-0.39, 0.29) is 18.3 Å². The molecular weight excluding hydrogens is 394 g/mol. The summed E-state index contributed by atoms with van der Waals surface area (Å²) in [5.74, 6) is 2.52. The van der Waals surface area contributed by atoms with E-state index in [1.165, 1.54) is 0 Å². The molecule has 0 saturated heterocycles. The van der Waals surface area contributed by atoms with Crippen LogP contribution in [0.15, 0.2) is 83.3 Å². The number of methoxy groups -OCH3 is 1. The smallest absolute Gasteiger partial charge is 0.287 e. The van der Waals surface area contributed by atoms with E-state index < -0.39 is 0 Å². The van der Waals surface area contributed by atoms with Gasteiger partial charge < -0.3 is 23.9 Å². The Bertz CT molecular complexity index is 1170. The SMILES string of the molecule is COc1ccccc1OCCNC(=O)c1ccc(COc2ccc3ccccc3c2)o1. The van der Waals surface area contributed by atoms with E-state index in [1.807, 2.05) is 60.7 Å². The molecule has 6 heteroatoms. The molecule has 158 valence electrons. The number of hydrogen-bond acceptors (Lipinski definition) is 5. The van der Waals surface area contributed by atoms with E-state index in [0.717, 1.165) is 16.5 Å². The zero-order chi connectivity index (χ0) is 21.5. The van der Waals surface area contributed by atoms with Gasteiger partial charge in [0, 0.05) is 0 Å². The monoisotopic (exact) mass is 417 g/mol. The van der Waals surface area contributed by atoms with Crippen molar-refractivity contribution in [3.63, 3.8) is 0 Å². The molecule has 1 heterocycles. The molecule has 0 atom stereocenters. The van der Waals surface area contributed by atoms with Crippen LogP contribution in [-0.4, -0.2) is 26.2 Å². The van der Waals surface area contributed by atoms with Crippen molar-refractivity contribution >= 4 is 16.7 Å². The number of ether oxygens (including phenoxy) is 3. The van der Waals surface area contributed by atoms with Crippen molar-refractivity contribution in [2.75, 3.05) is 20.3 Å². The van der Waals surface area contributed by atoms with Gasteiger partial charge in [-0.25, -0.2) is 0 Å². The lowest BCUT2D eigenvalue weighted by molar-refractivity contribution is 0.0915. The molecule has 1 N–H and O–H groups in total. The normalized spacial score (nSPS) is 10.6. The fourth-order valence-electron chi connectivity index (χ4n) is 3.14. The Balaban J connectivity index is 1.25. The van der Waals surface area contributed by atoms with Crippen molar-refractivity contribution in [2.45, 2.75) is 6.61 Å². The first kappa shape index (κ1) is 20.3. The number of fused-ring (bicyclic) bond motifs is 1. The second-order valence-electron chi connectivity index (χ2n) is 6.82. The molecule has 0 bridgehead atoms. The van der Waals surface area contributed by atoms with Gasteiger partial charge in [0.05, 0.1) is 13.7 Å². The summed E-state index contributed by atoms with van der Waals surface area (Å²) in [4.78, 5) is 12.3. The summed E-state index contributed by atoms with van der Waals surface area (Å²) in [7, 11) is 1.59. The molecule has 0 radical (unpaired) electrons. The maximum absolute atomic E-state index is 12.3. The maximum Gasteiger partial charge on any atom is 0.287 e. The first-order chi connectivity index (χ1) is 15.2. The molecular formula is C25H23NO5. The number of amides is 1. The predicted octanol–water partition coefficient (Wildman–Crippen LogP) is 4.83. The summed E-state index contributed by atoms with van der Waals surface area (Å²) < 4.78 is 22.3. The van der Waals surface area contributed by atoms with Crippen LogP contribution >= 0.6 is 0 Å². The third-order valence-electron chi connectivity index (χ3n) is 4.70. The summed E-state index contributed by atoms with van der Waals surface area (Å²) in [6.45, 7) is 0.883. The van der Waals surface area contributed by atoms with E-state index in [9.17, 15) is 4.79 Å². The summed E-state index contributed by atoms with van der Waals surface area (Å²) in [6, 6.07) is 24.7. The van der Waals surface area contributed by atoms with Crippen molar-refractivity contribution in [2.24, 2.45) is 0 Å². The second-order valence-corrected chi connectivity index (χ2v) is 6.82. The number of para-hydroxylation sites is 2. The number of benzene rings is 3. The molecule has 1 aromatic heterocycles. The average molecular weight is 417 g/mol. The van der Waals surface area contributed by atoms with Gasteiger partial charge in [0.15, 0.2) is 17.3 Å². The van der Waals surface area contributed by atoms with Crippen LogP contribution in [0.5, 0.6) is 17.2 Å². The topological polar surface area (TPSA) is 69.9 Å². The van der Waals surface area contributed by atoms with Crippen LogP contribution in [0.3, 0.4) is 0 Å². The van der Waals surface area contributed by atoms with Crippen molar-refractivity contribution in [1.29, 1.82) is 0 Å². The Hall–Kier alpha value is -3.93. The third-order valence-corrected chi connectivity index (χ3v) is 4.70. The van der Waals surface area contributed by atoms with Crippen molar-refractivity contribution in [1.82, 2.24) is 5.32 Å². The number of carbonyl (C=O) groups excluding carboxylic acids is 1. The average Bonchev–Trinajstić information content (AvgIpc) is 3.30. The number of carbonyl (C=O) groups is 1. The zero-order valence-corrected chi connectivity index (χ0v) is 17.2. The molecule has 0 spiro atoms. The fourth-order valence-corrected chi connectivity index (χ4v) is 3.14. The van der Waals surface area contributed by atoms with Crippen molar-refractivity contribution in [3.8, 4) is 17.2 Å². The zero-order valence-electron chi connectivity index (χ0n) is 17.2. The Labute approximate surface area is 180 Å². The minimum Gasteiger partial charge on any atom is -0.493 e. The van der Waals surface area contributed by atoms with Gasteiger partial charge in [0.1, 0.15) is 24.7 Å². The fraction of sp³-hybridized carbons (Fsp3) is 0.160. The molecule has 0 aliphatic carbocycles. The highest BCUT2D eigenvalue weighted by Crippen LogP contribution is 2.25. The van der Waals surface area contributed by atoms with Crippen LogP contribution in [0.1, 0.15) is 16.3 Å². The molecule has 6 nitrogen and oxygen atoms in total. The Morgan fingerprint density at radius 2 is 1.65 bits per heavy atom. The summed E-state index contributed by atoms with van der Waals surface area (Å²) in [5.41, 5.74) is 0. The van der Waals surface area contributed by atoms with Gasteiger partial charge in [0.2, 0.25) is 0 Å². The Morgan fingerprint density at radius 3 is 2.48 bits per heavy atom. The highest BCUT2D eigenvalue weighted by Gasteiger charge is 2.11. The van der Waals surface area contributed by atoms with Crippen LogP contribution in [0.4, 0.5) is 0 Å². The molecule has 4 aromatic rings. The van der Waals surface area contributed by atoms with Crippen LogP contribution in [0.2, 0.25) is 0 Å². The van der Waals surface area contributed by atoms with E-state index in [4.69, 9.17) is 18.6 Å². The predicted molar refractivity (Wildman–Crippen MR) is 118 cm³/mol. The molecule has 0 aliphatic rings. The van der Waals surface area contributed by atoms with Gasteiger partial charge in [0.25, 0.3) is 5.91 Å². The largest absolute Gasteiger partial charge is 0.493 e. The first-order valence-electron chi connectivity index (χ1n) is 9.97. The molecule has 3 aromatic carbocycles. The van der Waals surface area contributed by atoms with E-state index in [1.54, 1.807) is 19.2 Å². The van der Waals surface area contributed by atoms with E-state index in [0.29, 0.717) is 30.4 Å². The quantitative estimate of drug-likeness (QED) is 0.395. The van der Waals surface area contributed by atoms with Crippen LogP contribution in [0, 0.1) is 0 Å². The van der Waals surface area contributed by atoms with Gasteiger partial charge in [-0.15, -0.1) is 0 Å². The maximum atomic E-state index is 12.3. The van der Waals surface area contributed by atoms with Crippen LogP contribution in [-0.2, 0) is 6.61 Å². The summed E-state index contributed by atoms with van der Waals surface area (Å²) in [6.07, 6.45) is 0. The number of nitrogens with one attached hydrogen (secondary N) is 1. The van der Waals surface area contributed by atoms with Crippen molar-refractivity contribution in [3.05, 3.63) is 90.4 Å². The number of furan rings is 1. The lowest BCUT2D eigenvalue weighted by Crippen LogP contribution is -2.27. The van der Waals surface area contributed by atoms with E-state index >= 15 is 0 Å². The number of rotatable bonds is 9. The highest BCUT2D eigenvalue weighted by molar-refractivity contribution is 5.91. The van der Waals surface area contributed by atoms with Gasteiger partial charge >= 0.3 is 0 Å². The highest BCUT2D eigenvalue weighted by atomic mass is 16.5. The van der Waals surface area contributed by atoms with Gasteiger partial charge in [-0.2, -0.15) is 0 Å². The molecule has 0 fully saturated rings. The third kappa shape index (κ3) is 5.17. The van der Waals surface area contributed by atoms with Gasteiger partial charge in [-0.05, 0) is 47.2 Å². The van der Waals surface area contributed by atoms with Gasteiger partial charge in [-0.3, -0.25) is 4.79 Å². The molecule has 0 aliphatic heterocycles. The number of hydrogen-bond donors (Lipinski definition) is 1. The van der Waals surface area contributed by atoms with Gasteiger partial charge in [-0.1, -0.05) is 42.5 Å².